The summed E-state index contributed by atoms with van der Waals surface area (Å²) in [6.45, 7) is 6.26. The van der Waals surface area contributed by atoms with E-state index in [0.29, 0.717) is 12.5 Å². The van der Waals surface area contributed by atoms with Gasteiger partial charge in [0.25, 0.3) is 0 Å². The Balaban J connectivity index is 1.63. The Kier molecular flexibility index (Phi) is 3.74. The average molecular weight is 288 g/mol. The molecule has 1 aliphatic carbocycles. The van der Waals surface area contributed by atoms with Crippen LogP contribution in [0.1, 0.15) is 50.3 Å². The van der Waals surface area contributed by atoms with Crippen molar-refractivity contribution in [3.05, 3.63) is 29.6 Å². The number of aliphatic carboxylic acids is 1. The number of likely N-dealkylation sites (tertiary alicyclic amines) is 1. The van der Waals surface area contributed by atoms with Gasteiger partial charge in [0.1, 0.15) is 0 Å². The topological polar surface area (TPSA) is 53.4 Å². The molecule has 1 unspecified atom stereocenters. The third kappa shape index (κ3) is 2.95. The van der Waals surface area contributed by atoms with Gasteiger partial charge < -0.3 is 5.11 Å². The van der Waals surface area contributed by atoms with Gasteiger partial charge in [-0.15, -0.1) is 0 Å². The molecule has 1 aliphatic heterocycles. The number of carboxylic acid groups (broad SMARTS) is 1. The lowest BCUT2D eigenvalue weighted by Crippen LogP contribution is -2.28. The van der Waals surface area contributed by atoms with Crippen LogP contribution in [-0.4, -0.2) is 34.0 Å². The lowest BCUT2D eigenvalue weighted by atomic mass is 9.81. The molecule has 1 aromatic rings. The monoisotopic (exact) mass is 288 g/mol. The third-order valence-corrected chi connectivity index (χ3v) is 5.12. The summed E-state index contributed by atoms with van der Waals surface area (Å²) < 4.78 is 0. The van der Waals surface area contributed by atoms with Crippen LogP contribution in [0.4, 0.5) is 0 Å². The molecule has 21 heavy (non-hydrogen) atoms. The van der Waals surface area contributed by atoms with Gasteiger partial charge in [0.05, 0.1) is 11.6 Å². The summed E-state index contributed by atoms with van der Waals surface area (Å²) in [6, 6.07) is 4.30. The van der Waals surface area contributed by atoms with Crippen LogP contribution in [0, 0.1) is 11.3 Å². The summed E-state index contributed by atoms with van der Waals surface area (Å²) in [5.41, 5.74) is 2.23. The van der Waals surface area contributed by atoms with Crippen LogP contribution in [0.2, 0.25) is 0 Å². The van der Waals surface area contributed by atoms with E-state index in [0.717, 1.165) is 18.8 Å². The van der Waals surface area contributed by atoms with Crippen LogP contribution in [0.3, 0.4) is 0 Å². The van der Waals surface area contributed by atoms with Gasteiger partial charge in [-0.25, -0.2) is 0 Å². The molecule has 0 aromatic carbocycles. The number of nitrogens with zero attached hydrogens (tertiary/aromatic N) is 2. The van der Waals surface area contributed by atoms with Crippen LogP contribution < -0.4 is 0 Å². The van der Waals surface area contributed by atoms with Gasteiger partial charge in [-0.2, -0.15) is 0 Å². The Morgan fingerprint density at radius 1 is 1.43 bits per heavy atom. The molecular weight excluding hydrogens is 264 g/mol. The lowest BCUT2D eigenvalue weighted by Gasteiger charge is -2.25. The van der Waals surface area contributed by atoms with Crippen molar-refractivity contribution in [2.24, 2.45) is 11.3 Å². The fourth-order valence-electron chi connectivity index (χ4n) is 3.53. The molecule has 0 spiro atoms. The zero-order valence-electron chi connectivity index (χ0n) is 12.9. The summed E-state index contributed by atoms with van der Waals surface area (Å²) in [5.74, 6) is -0.254. The second-order valence-corrected chi connectivity index (χ2v) is 7.26. The van der Waals surface area contributed by atoms with Crippen molar-refractivity contribution in [1.82, 2.24) is 9.88 Å². The maximum Gasteiger partial charge on any atom is 0.308 e. The van der Waals surface area contributed by atoms with Crippen molar-refractivity contribution < 1.29 is 9.90 Å². The molecule has 1 saturated heterocycles. The average Bonchev–Trinajstić information content (AvgIpc) is 2.64. The number of aromatic nitrogens is 1. The summed E-state index contributed by atoms with van der Waals surface area (Å²) >= 11 is 0. The van der Waals surface area contributed by atoms with E-state index in [2.05, 4.69) is 22.0 Å². The molecule has 1 N–H and O–H groups in total. The van der Waals surface area contributed by atoms with Gasteiger partial charge in [0.2, 0.25) is 0 Å². The summed E-state index contributed by atoms with van der Waals surface area (Å²) in [5, 5.41) is 9.32. The van der Waals surface area contributed by atoms with E-state index in [-0.39, 0.29) is 11.3 Å². The number of rotatable bonds is 4. The van der Waals surface area contributed by atoms with Crippen molar-refractivity contribution in [2.45, 2.75) is 45.6 Å². The number of hydrogen-bond donors (Lipinski definition) is 1. The van der Waals surface area contributed by atoms with Crippen molar-refractivity contribution in [2.75, 3.05) is 13.1 Å². The van der Waals surface area contributed by atoms with E-state index < -0.39 is 5.97 Å². The molecule has 2 aliphatic rings. The number of carboxylic acids is 1. The molecule has 2 fully saturated rings. The second-order valence-electron chi connectivity index (χ2n) is 7.26. The maximum atomic E-state index is 11.3. The van der Waals surface area contributed by atoms with Gasteiger partial charge in [0, 0.05) is 25.8 Å². The first kappa shape index (κ1) is 14.5. The molecule has 2 heterocycles. The van der Waals surface area contributed by atoms with E-state index in [1.54, 1.807) is 0 Å². The SMILES string of the molecule is CC1(C)CN(Cc2ccc(C3CCC3)cn2)CC1C(=O)O. The first-order valence-electron chi connectivity index (χ1n) is 7.86. The Morgan fingerprint density at radius 3 is 2.67 bits per heavy atom. The van der Waals surface area contributed by atoms with Gasteiger partial charge in [-0.3, -0.25) is 14.7 Å². The summed E-state index contributed by atoms with van der Waals surface area (Å²) in [6.07, 6.45) is 5.93. The van der Waals surface area contributed by atoms with Gasteiger partial charge in [-0.1, -0.05) is 26.3 Å². The molecule has 4 heteroatoms. The molecule has 1 saturated carbocycles. The number of carbonyl (C=O) groups is 1. The Morgan fingerprint density at radius 2 is 2.19 bits per heavy atom. The van der Waals surface area contributed by atoms with Crippen molar-refractivity contribution >= 4 is 5.97 Å². The largest absolute Gasteiger partial charge is 0.481 e. The molecule has 114 valence electrons. The molecule has 0 radical (unpaired) electrons. The summed E-state index contributed by atoms with van der Waals surface area (Å²) in [4.78, 5) is 18.1. The smallest absolute Gasteiger partial charge is 0.308 e. The molecule has 0 amide bonds. The standard InChI is InChI=1S/C17H24N2O2/c1-17(2)11-19(10-15(17)16(20)21)9-14-7-6-13(8-18-14)12-4-3-5-12/h6-8,12,15H,3-5,9-11H2,1-2H3,(H,20,21). The Hall–Kier alpha value is -1.42. The Bertz CT molecular complexity index is 520. The van der Waals surface area contributed by atoms with Crippen LogP contribution in [0.25, 0.3) is 0 Å². The highest BCUT2D eigenvalue weighted by Gasteiger charge is 2.43. The molecule has 3 rings (SSSR count). The first-order valence-corrected chi connectivity index (χ1v) is 7.86. The lowest BCUT2D eigenvalue weighted by molar-refractivity contribution is -0.144. The normalized spacial score (nSPS) is 25.7. The molecular formula is C17H24N2O2. The van der Waals surface area contributed by atoms with Gasteiger partial charge >= 0.3 is 5.97 Å². The molecule has 0 bridgehead atoms. The second kappa shape index (κ2) is 5.41. The summed E-state index contributed by atoms with van der Waals surface area (Å²) in [7, 11) is 0. The maximum absolute atomic E-state index is 11.3. The van der Waals surface area contributed by atoms with Crippen LogP contribution in [0.15, 0.2) is 18.3 Å². The molecule has 1 atom stereocenters. The fourth-order valence-corrected chi connectivity index (χ4v) is 3.53. The van der Waals surface area contributed by atoms with Crippen LogP contribution in [0.5, 0.6) is 0 Å². The third-order valence-electron chi connectivity index (χ3n) is 5.12. The van der Waals surface area contributed by atoms with E-state index in [1.165, 1.54) is 24.8 Å². The predicted molar refractivity (Wildman–Crippen MR) is 81.0 cm³/mol. The minimum atomic E-state index is -0.684. The highest BCUT2D eigenvalue weighted by atomic mass is 16.4. The minimum Gasteiger partial charge on any atom is -0.481 e. The predicted octanol–water partition coefficient (Wildman–Crippen LogP) is 2.89. The van der Waals surface area contributed by atoms with Gasteiger partial charge in [-0.05, 0) is 35.8 Å². The molecule has 1 aromatic heterocycles. The van der Waals surface area contributed by atoms with Crippen LogP contribution in [-0.2, 0) is 11.3 Å². The highest BCUT2D eigenvalue weighted by molar-refractivity contribution is 5.71. The van der Waals surface area contributed by atoms with Crippen molar-refractivity contribution in [3.8, 4) is 0 Å². The highest BCUT2D eigenvalue weighted by Crippen LogP contribution is 2.37. The first-order chi connectivity index (χ1) is 9.95. The van der Waals surface area contributed by atoms with Crippen molar-refractivity contribution in [1.29, 1.82) is 0 Å². The van der Waals surface area contributed by atoms with Gasteiger partial charge in [0.15, 0.2) is 0 Å². The quantitative estimate of drug-likeness (QED) is 0.925. The van der Waals surface area contributed by atoms with E-state index in [1.807, 2.05) is 20.0 Å². The van der Waals surface area contributed by atoms with E-state index in [4.69, 9.17) is 0 Å². The number of hydrogen-bond acceptors (Lipinski definition) is 3. The fraction of sp³-hybridized carbons (Fsp3) is 0.647. The number of pyridine rings is 1. The van der Waals surface area contributed by atoms with Crippen LogP contribution >= 0.6 is 0 Å². The van der Waals surface area contributed by atoms with E-state index in [9.17, 15) is 9.90 Å². The van der Waals surface area contributed by atoms with Crippen molar-refractivity contribution in [3.63, 3.8) is 0 Å². The minimum absolute atomic E-state index is 0.169. The Labute approximate surface area is 126 Å². The zero-order valence-corrected chi connectivity index (χ0v) is 12.9. The molecule has 4 nitrogen and oxygen atoms in total. The zero-order chi connectivity index (χ0) is 15.0. The van der Waals surface area contributed by atoms with E-state index >= 15 is 0 Å².